The third-order valence-corrected chi connectivity index (χ3v) is 5.62. The topological polar surface area (TPSA) is 89.7 Å². The number of nitrogens with zero attached hydrogens (tertiary/aromatic N) is 4. The van der Waals surface area contributed by atoms with E-state index in [9.17, 15) is 0 Å². The van der Waals surface area contributed by atoms with Crippen molar-refractivity contribution in [3.05, 3.63) is 41.5 Å². The third-order valence-electron chi connectivity index (χ3n) is 5.62. The van der Waals surface area contributed by atoms with Crippen LogP contribution in [-0.2, 0) is 22.4 Å². The second-order valence-corrected chi connectivity index (χ2v) is 7.69. The van der Waals surface area contributed by atoms with E-state index >= 15 is 0 Å². The zero-order valence-corrected chi connectivity index (χ0v) is 17.7. The Balaban J connectivity index is 0.000000806. The first-order valence-electron chi connectivity index (χ1n) is 10.7. The first-order chi connectivity index (χ1) is 14.7. The number of carboxylic acid groups (broad SMARTS) is 1. The van der Waals surface area contributed by atoms with Crippen LogP contribution in [0.3, 0.4) is 0 Å². The maximum atomic E-state index is 8.36. The summed E-state index contributed by atoms with van der Waals surface area (Å²) < 4.78 is 13.0. The molecule has 2 aromatic rings. The highest BCUT2D eigenvalue weighted by molar-refractivity contribution is 5.32. The minimum absolute atomic E-state index is 0.250. The number of carbonyl (C=O) groups is 1. The van der Waals surface area contributed by atoms with E-state index in [0.717, 1.165) is 56.4 Å². The van der Waals surface area contributed by atoms with Crippen molar-refractivity contribution in [1.82, 2.24) is 19.7 Å². The largest absolute Gasteiger partial charge is 0.497 e. The summed E-state index contributed by atoms with van der Waals surface area (Å²) in [5, 5.41) is 11.8. The van der Waals surface area contributed by atoms with Gasteiger partial charge in [-0.15, -0.1) is 0 Å². The van der Waals surface area contributed by atoms with Gasteiger partial charge in [-0.05, 0) is 50.0 Å². The Morgan fingerprint density at radius 1 is 1.23 bits per heavy atom. The Kier molecular flexibility index (Phi) is 8.65. The Morgan fingerprint density at radius 2 is 1.97 bits per heavy atom. The van der Waals surface area contributed by atoms with Crippen molar-refractivity contribution < 1.29 is 19.4 Å². The molecule has 0 spiro atoms. The highest BCUT2D eigenvalue weighted by Crippen LogP contribution is 2.21. The average molecular weight is 417 g/mol. The fraction of sp³-hybridized carbons (Fsp3) is 0.591. The quantitative estimate of drug-likeness (QED) is 0.694. The molecule has 1 atom stereocenters. The molecule has 1 aromatic carbocycles. The van der Waals surface area contributed by atoms with Gasteiger partial charge in [0, 0.05) is 26.0 Å². The summed E-state index contributed by atoms with van der Waals surface area (Å²) in [6, 6.07) is 8.50. The van der Waals surface area contributed by atoms with E-state index in [-0.39, 0.29) is 6.47 Å². The van der Waals surface area contributed by atoms with Gasteiger partial charge in [0.1, 0.15) is 11.6 Å². The van der Waals surface area contributed by atoms with Crippen molar-refractivity contribution in [2.24, 2.45) is 0 Å². The predicted octanol–water partition coefficient (Wildman–Crippen LogP) is 2.57. The highest BCUT2D eigenvalue weighted by atomic mass is 16.5. The standard InChI is InChI=1S/C21H30N4O2.CH2O2/c1-26-19-7-5-17(6-8-19)15-20-22-21(9-13-24-11-3-2-4-12-24)25(23-20)18-10-14-27-16-18;2-1-3/h5-8,18H,2-4,9-16H2,1H3;1H,(H,2,3). The van der Waals surface area contributed by atoms with Crippen LogP contribution in [0.1, 0.15) is 48.9 Å². The molecule has 2 fully saturated rings. The molecule has 0 bridgehead atoms. The summed E-state index contributed by atoms with van der Waals surface area (Å²) in [5.41, 5.74) is 1.21. The van der Waals surface area contributed by atoms with Crippen LogP contribution < -0.4 is 4.74 Å². The minimum atomic E-state index is -0.250. The molecule has 2 aliphatic rings. The van der Waals surface area contributed by atoms with Crippen molar-refractivity contribution in [1.29, 1.82) is 0 Å². The van der Waals surface area contributed by atoms with Crippen LogP contribution >= 0.6 is 0 Å². The van der Waals surface area contributed by atoms with Gasteiger partial charge in [-0.25, -0.2) is 9.67 Å². The van der Waals surface area contributed by atoms with Gasteiger partial charge in [0.2, 0.25) is 0 Å². The van der Waals surface area contributed by atoms with Gasteiger partial charge >= 0.3 is 0 Å². The number of benzene rings is 1. The number of hydrogen-bond acceptors (Lipinski definition) is 6. The summed E-state index contributed by atoms with van der Waals surface area (Å²) in [6.45, 7) is 4.85. The lowest BCUT2D eigenvalue weighted by Crippen LogP contribution is -2.32. The Labute approximate surface area is 177 Å². The molecule has 0 amide bonds. The average Bonchev–Trinajstić information content (AvgIpc) is 3.44. The van der Waals surface area contributed by atoms with E-state index in [2.05, 4.69) is 21.7 Å². The summed E-state index contributed by atoms with van der Waals surface area (Å²) in [6.07, 6.45) is 6.77. The van der Waals surface area contributed by atoms with Crippen LogP contribution in [0.15, 0.2) is 24.3 Å². The molecule has 1 aromatic heterocycles. The molecule has 8 nitrogen and oxygen atoms in total. The maximum absolute atomic E-state index is 8.36. The monoisotopic (exact) mass is 416 g/mol. The summed E-state index contributed by atoms with van der Waals surface area (Å²) in [5.74, 6) is 2.89. The van der Waals surface area contributed by atoms with E-state index in [4.69, 9.17) is 29.5 Å². The van der Waals surface area contributed by atoms with Crippen molar-refractivity contribution in [2.75, 3.05) is 40.0 Å². The fourth-order valence-corrected chi connectivity index (χ4v) is 4.02. The second kappa shape index (κ2) is 11.7. The zero-order valence-electron chi connectivity index (χ0n) is 17.7. The molecule has 8 heteroatoms. The SMILES string of the molecule is COc1ccc(Cc2nc(CCN3CCCCC3)n(C3CCOC3)n2)cc1.O=CO. The van der Waals surface area contributed by atoms with Crippen LogP contribution in [-0.4, -0.2) is 71.2 Å². The molecule has 3 heterocycles. The molecule has 1 N–H and O–H groups in total. The molecule has 164 valence electrons. The van der Waals surface area contributed by atoms with Gasteiger partial charge in [-0.2, -0.15) is 5.10 Å². The lowest BCUT2D eigenvalue weighted by atomic mass is 10.1. The van der Waals surface area contributed by atoms with Crippen LogP contribution in [0.25, 0.3) is 0 Å². The summed E-state index contributed by atoms with van der Waals surface area (Å²) in [7, 11) is 1.69. The Morgan fingerprint density at radius 3 is 2.60 bits per heavy atom. The molecule has 1 unspecified atom stereocenters. The van der Waals surface area contributed by atoms with Crippen molar-refractivity contribution >= 4 is 6.47 Å². The van der Waals surface area contributed by atoms with Crippen LogP contribution in [0, 0.1) is 0 Å². The van der Waals surface area contributed by atoms with E-state index < -0.39 is 0 Å². The fourth-order valence-electron chi connectivity index (χ4n) is 4.02. The van der Waals surface area contributed by atoms with E-state index in [1.165, 1.54) is 37.9 Å². The van der Waals surface area contributed by atoms with Crippen LogP contribution in [0.4, 0.5) is 0 Å². The van der Waals surface area contributed by atoms with Crippen LogP contribution in [0.2, 0.25) is 0 Å². The zero-order chi connectivity index (χ0) is 21.2. The normalized spacial score (nSPS) is 19.2. The van der Waals surface area contributed by atoms with Crippen molar-refractivity contribution in [3.8, 4) is 5.75 Å². The highest BCUT2D eigenvalue weighted by Gasteiger charge is 2.23. The number of rotatable bonds is 7. The predicted molar refractivity (Wildman–Crippen MR) is 113 cm³/mol. The lowest BCUT2D eigenvalue weighted by molar-refractivity contribution is -0.122. The van der Waals surface area contributed by atoms with Gasteiger partial charge in [0.15, 0.2) is 5.82 Å². The third kappa shape index (κ3) is 6.27. The lowest BCUT2D eigenvalue weighted by Gasteiger charge is -2.26. The van der Waals surface area contributed by atoms with Crippen molar-refractivity contribution in [2.45, 2.75) is 44.6 Å². The van der Waals surface area contributed by atoms with Gasteiger partial charge in [0.05, 0.1) is 19.8 Å². The molecule has 2 saturated heterocycles. The van der Waals surface area contributed by atoms with Gasteiger partial charge < -0.3 is 19.5 Å². The first kappa shape index (κ1) is 22.2. The van der Waals surface area contributed by atoms with E-state index in [0.29, 0.717) is 6.04 Å². The molecule has 2 aliphatic heterocycles. The van der Waals surface area contributed by atoms with Crippen LogP contribution in [0.5, 0.6) is 5.75 Å². The number of ether oxygens (including phenoxy) is 2. The number of aromatic nitrogens is 3. The minimum Gasteiger partial charge on any atom is -0.497 e. The molecule has 30 heavy (non-hydrogen) atoms. The summed E-state index contributed by atoms with van der Waals surface area (Å²) in [4.78, 5) is 15.8. The van der Waals surface area contributed by atoms with Gasteiger partial charge in [-0.3, -0.25) is 4.79 Å². The Hall–Kier alpha value is -2.45. The molecule has 0 radical (unpaired) electrons. The second-order valence-electron chi connectivity index (χ2n) is 7.69. The van der Waals surface area contributed by atoms with Gasteiger partial charge in [-0.1, -0.05) is 18.6 Å². The van der Waals surface area contributed by atoms with E-state index in [1.807, 2.05) is 12.1 Å². The number of piperidine rings is 1. The summed E-state index contributed by atoms with van der Waals surface area (Å²) >= 11 is 0. The smallest absolute Gasteiger partial charge is 0.290 e. The molecule has 0 aliphatic carbocycles. The molecule has 4 rings (SSSR count). The molecular formula is C22H32N4O4. The van der Waals surface area contributed by atoms with E-state index in [1.54, 1.807) is 7.11 Å². The number of hydrogen-bond donors (Lipinski definition) is 1. The maximum Gasteiger partial charge on any atom is 0.290 e. The van der Waals surface area contributed by atoms with Crippen molar-refractivity contribution in [3.63, 3.8) is 0 Å². The van der Waals surface area contributed by atoms with Gasteiger partial charge in [0.25, 0.3) is 6.47 Å². The molecular weight excluding hydrogens is 384 g/mol. The number of likely N-dealkylation sites (tertiary alicyclic amines) is 1. The number of methoxy groups -OCH3 is 1. The molecule has 0 saturated carbocycles. The first-order valence-corrected chi connectivity index (χ1v) is 10.7. The Bertz CT molecular complexity index is 766.